The van der Waals surface area contributed by atoms with E-state index >= 15 is 0 Å². The Morgan fingerprint density at radius 3 is 2.42 bits per heavy atom. The Bertz CT molecular complexity index is 1300. The highest BCUT2D eigenvalue weighted by molar-refractivity contribution is 7.19. The molecular weight excluding hydrogens is 350 g/mol. The first-order valence-electron chi connectivity index (χ1n) is 7.96. The van der Waals surface area contributed by atoms with Gasteiger partial charge in [-0.15, -0.1) is 0 Å². The fourth-order valence-corrected chi connectivity index (χ4v) is 4.29. The van der Waals surface area contributed by atoms with Gasteiger partial charge < -0.3 is 0 Å². The Balaban J connectivity index is 1.81. The molecule has 26 heavy (non-hydrogen) atoms. The maximum absolute atomic E-state index is 13.1. The minimum atomic E-state index is -0.407. The van der Waals surface area contributed by atoms with Crippen LogP contribution in [-0.2, 0) is 0 Å². The molecule has 4 aromatic rings. The van der Waals surface area contributed by atoms with E-state index in [0.29, 0.717) is 26.4 Å². The number of nitrogens with zero attached hydrogens (tertiary/aromatic N) is 3. The van der Waals surface area contributed by atoms with E-state index < -0.39 is 5.91 Å². The van der Waals surface area contributed by atoms with Crippen LogP contribution >= 0.6 is 11.3 Å². The molecule has 0 radical (unpaired) electrons. The van der Waals surface area contributed by atoms with Crippen molar-refractivity contribution in [3.8, 4) is 0 Å². The fourth-order valence-electron chi connectivity index (χ4n) is 3.24. The molecule has 0 aliphatic carbocycles. The van der Waals surface area contributed by atoms with Gasteiger partial charge in [-0.3, -0.25) is 18.8 Å². The number of hydrogen-bond acceptors (Lipinski definition) is 5. The first kappa shape index (κ1) is 15.0. The molecule has 0 bridgehead atoms. The van der Waals surface area contributed by atoms with Crippen LogP contribution in [0.5, 0.6) is 0 Å². The van der Waals surface area contributed by atoms with Crippen LogP contribution in [0.3, 0.4) is 0 Å². The maximum Gasteiger partial charge on any atom is 0.284 e. The summed E-state index contributed by atoms with van der Waals surface area (Å²) < 4.78 is 1.62. The lowest BCUT2D eigenvalue weighted by molar-refractivity contribution is 0.0925. The molecule has 0 fully saturated rings. The van der Waals surface area contributed by atoms with Gasteiger partial charge in [0.2, 0.25) is 0 Å². The van der Waals surface area contributed by atoms with Crippen LogP contribution in [0.4, 0.5) is 5.69 Å². The van der Waals surface area contributed by atoms with E-state index in [1.165, 1.54) is 4.90 Å². The standard InChI is InChI=1S/C19H11N3O3S/c1-10-6-8-11(9-7-10)21-17(24)14-15(18(21)25)26-19-20-16(23)12-4-2-3-5-13(12)22(14)19/h2-9H,1H3. The molecule has 2 aromatic carbocycles. The number of carbonyl (C=O) groups excluding carboxylic acids is 2. The normalized spacial score (nSPS) is 13.8. The van der Waals surface area contributed by atoms with Crippen molar-refractivity contribution < 1.29 is 9.59 Å². The molecule has 1 aliphatic rings. The minimum absolute atomic E-state index is 0.263. The van der Waals surface area contributed by atoms with Gasteiger partial charge in [-0.25, -0.2) is 4.90 Å². The first-order chi connectivity index (χ1) is 12.6. The number of rotatable bonds is 1. The van der Waals surface area contributed by atoms with Crippen LogP contribution in [0.15, 0.2) is 53.3 Å². The van der Waals surface area contributed by atoms with Gasteiger partial charge in [-0.1, -0.05) is 41.2 Å². The summed E-state index contributed by atoms with van der Waals surface area (Å²) in [5.41, 5.74) is 2.04. The Morgan fingerprint density at radius 2 is 1.65 bits per heavy atom. The Labute approximate surface area is 150 Å². The number of hydrogen-bond donors (Lipinski definition) is 0. The Hall–Kier alpha value is -3.32. The van der Waals surface area contributed by atoms with Gasteiger partial charge in [0.05, 0.1) is 16.6 Å². The smallest absolute Gasteiger partial charge is 0.279 e. The molecule has 0 N–H and O–H groups in total. The topological polar surface area (TPSA) is 71.8 Å². The third-order valence-electron chi connectivity index (χ3n) is 4.49. The second kappa shape index (κ2) is 5.09. The molecular formula is C19H11N3O3S. The summed E-state index contributed by atoms with van der Waals surface area (Å²) in [7, 11) is 0. The van der Waals surface area contributed by atoms with Crippen LogP contribution in [0.1, 0.15) is 25.7 Å². The van der Waals surface area contributed by atoms with E-state index in [1.54, 1.807) is 40.8 Å². The van der Waals surface area contributed by atoms with Crippen LogP contribution in [0, 0.1) is 6.92 Å². The van der Waals surface area contributed by atoms with Gasteiger partial charge in [0, 0.05) is 0 Å². The SMILES string of the molecule is Cc1ccc(N2C(=O)c3sc4nc(=O)c5ccccc5n4c3C2=O)cc1. The van der Waals surface area contributed by atoms with Crippen molar-refractivity contribution in [1.82, 2.24) is 9.38 Å². The zero-order valence-electron chi connectivity index (χ0n) is 13.6. The molecule has 2 amide bonds. The molecule has 1 aliphatic heterocycles. The Morgan fingerprint density at radius 1 is 0.923 bits per heavy atom. The molecule has 0 saturated heterocycles. The van der Waals surface area contributed by atoms with Gasteiger partial charge in [-0.2, -0.15) is 4.98 Å². The number of aromatic nitrogens is 2. The van der Waals surface area contributed by atoms with E-state index in [4.69, 9.17) is 0 Å². The second-order valence-electron chi connectivity index (χ2n) is 6.11. The van der Waals surface area contributed by atoms with Crippen molar-refractivity contribution in [3.05, 3.63) is 75.0 Å². The number of imide groups is 1. The third kappa shape index (κ3) is 1.86. The van der Waals surface area contributed by atoms with E-state index in [1.807, 2.05) is 19.1 Å². The monoisotopic (exact) mass is 361 g/mol. The molecule has 3 heterocycles. The summed E-state index contributed by atoms with van der Waals surface area (Å²) >= 11 is 1.07. The fraction of sp³-hybridized carbons (Fsp3) is 0.0526. The predicted octanol–water partition coefficient (Wildman–Crippen LogP) is 3.02. The molecule has 0 atom stereocenters. The summed E-state index contributed by atoms with van der Waals surface area (Å²) in [6.45, 7) is 1.94. The van der Waals surface area contributed by atoms with Crippen LogP contribution in [0.2, 0.25) is 0 Å². The number of benzene rings is 2. The highest BCUT2D eigenvalue weighted by Crippen LogP contribution is 2.35. The molecule has 126 valence electrons. The van der Waals surface area contributed by atoms with Crippen molar-refractivity contribution in [2.45, 2.75) is 6.92 Å². The lowest BCUT2D eigenvalue weighted by atomic mass is 10.2. The van der Waals surface area contributed by atoms with Crippen LogP contribution in [-0.4, -0.2) is 21.2 Å². The first-order valence-corrected chi connectivity index (χ1v) is 8.77. The van der Waals surface area contributed by atoms with Crippen LogP contribution in [0.25, 0.3) is 15.9 Å². The average Bonchev–Trinajstić information content (AvgIpc) is 3.13. The second-order valence-corrected chi connectivity index (χ2v) is 7.09. The number of thiazole rings is 1. The van der Waals surface area contributed by atoms with Gasteiger partial charge in [0.1, 0.15) is 10.6 Å². The zero-order chi connectivity index (χ0) is 18.0. The lowest BCUT2D eigenvalue weighted by Gasteiger charge is -2.14. The predicted molar refractivity (Wildman–Crippen MR) is 99.2 cm³/mol. The molecule has 6 nitrogen and oxygen atoms in total. The Kier molecular flexibility index (Phi) is 2.93. The molecule has 0 unspecified atom stereocenters. The molecule has 5 rings (SSSR count). The highest BCUT2D eigenvalue weighted by atomic mass is 32.1. The molecule has 0 saturated carbocycles. The van der Waals surface area contributed by atoms with Crippen LogP contribution < -0.4 is 10.5 Å². The average molecular weight is 361 g/mol. The number of fused-ring (bicyclic) bond motifs is 5. The summed E-state index contributed by atoms with van der Waals surface area (Å²) in [6.07, 6.45) is 0. The van der Waals surface area contributed by atoms with Crippen molar-refractivity contribution in [1.29, 1.82) is 0 Å². The minimum Gasteiger partial charge on any atom is -0.279 e. The number of anilines is 1. The van der Waals surface area contributed by atoms with Gasteiger partial charge >= 0.3 is 0 Å². The van der Waals surface area contributed by atoms with Crippen molar-refractivity contribution in [2.24, 2.45) is 0 Å². The summed E-state index contributed by atoms with van der Waals surface area (Å²) in [5.74, 6) is -0.795. The summed E-state index contributed by atoms with van der Waals surface area (Å²) in [4.78, 5) is 44.0. The number of para-hydroxylation sites is 1. The van der Waals surface area contributed by atoms with E-state index in [9.17, 15) is 14.4 Å². The van der Waals surface area contributed by atoms with E-state index in [-0.39, 0.29) is 17.2 Å². The summed E-state index contributed by atoms with van der Waals surface area (Å²) in [5, 5.41) is 0.416. The van der Waals surface area contributed by atoms with Gasteiger partial charge in [-0.05, 0) is 31.2 Å². The largest absolute Gasteiger partial charge is 0.284 e. The number of aryl methyl sites for hydroxylation is 1. The quantitative estimate of drug-likeness (QED) is 0.489. The molecule has 7 heteroatoms. The van der Waals surface area contributed by atoms with E-state index in [0.717, 1.165) is 16.9 Å². The summed E-state index contributed by atoms with van der Waals surface area (Å²) in [6, 6.07) is 14.2. The van der Waals surface area contributed by atoms with Crippen molar-refractivity contribution in [3.63, 3.8) is 0 Å². The number of carbonyl (C=O) groups is 2. The van der Waals surface area contributed by atoms with Crippen molar-refractivity contribution in [2.75, 3.05) is 4.90 Å². The van der Waals surface area contributed by atoms with Crippen molar-refractivity contribution >= 4 is 44.7 Å². The highest BCUT2D eigenvalue weighted by Gasteiger charge is 2.41. The zero-order valence-corrected chi connectivity index (χ0v) is 14.4. The van der Waals surface area contributed by atoms with E-state index in [2.05, 4.69) is 4.98 Å². The number of amides is 2. The maximum atomic E-state index is 13.1. The third-order valence-corrected chi connectivity index (χ3v) is 5.52. The molecule has 2 aromatic heterocycles. The lowest BCUT2D eigenvalue weighted by Crippen LogP contribution is -2.30. The molecule has 0 spiro atoms. The van der Waals surface area contributed by atoms with Gasteiger partial charge in [0.15, 0.2) is 4.96 Å². The van der Waals surface area contributed by atoms with Gasteiger partial charge in [0.25, 0.3) is 17.4 Å².